The van der Waals surface area contributed by atoms with E-state index in [1.165, 1.54) is 0 Å². The summed E-state index contributed by atoms with van der Waals surface area (Å²) in [5.74, 6) is 1.42. The molecule has 0 aliphatic rings. The molecular weight excluding hydrogens is 196 g/mol. The fourth-order valence-corrected chi connectivity index (χ4v) is 1.08. The average molecular weight is 206 g/mol. The molecule has 2 aromatic rings. The fourth-order valence-electron chi connectivity index (χ4n) is 1.08. The van der Waals surface area contributed by atoms with Crippen molar-refractivity contribution in [1.29, 1.82) is 0 Å². The maximum atomic E-state index is 5.37. The van der Waals surface area contributed by atoms with Crippen LogP contribution < -0.4 is 10.5 Å². The quantitative estimate of drug-likeness (QED) is 0.791. The largest absolute Gasteiger partial charge is 0.481 e. The monoisotopic (exact) mass is 206 g/mol. The van der Waals surface area contributed by atoms with Gasteiger partial charge in [0.15, 0.2) is 5.82 Å². The van der Waals surface area contributed by atoms with Gasteiger partial charge in [0.05, 0.1) is 19.2 Å². The Morgan fingerprint density at radius 2 is 2.33 bits per heavy atom. The van der Waals surface area contributed by atoms with Crippen LogP contribution in [0.15, 0.2) is 22.9 Å². The third-order valence-corrected chi connectivity index (χ3v) is 1.84. The van der Waals surface area contributed by atoms with E-state index in [0.717, 1.165) is 5.56 Å². The van der Waals surface area contributed by atoms with Gasteiger partial charge in [-0.1, -0.05) is 5.16 Å². The zero-order chi connectivity index (χ0) is 10.7. The predicted octanol–water partition coefficient (Wildman–Crippen LogP) is 0.599. The molecule has 0 aliphatic heterocycles. The molecule has 0 radical (unpaired) electrons. The molecule has 0 aliphatic carbocycles. The first-order valence-electron chi connectivity index (χ1n) is 4.36. The van der Waals surface area contributed by atoms with Crippen LogP contribution in [0.25, 0.3) is 11.5 Å². The van der Waals surface area contributed by atoms with Gasteiger partial charge in [0.2, 0.25) is 5.88 Å². The molecule has 78 valence electrons. The molecule has 2 rings (SSSR count). The molecule has 2 heterocycles. The highest BCUT2D eigenvalue weighted by Gasteiger charge is 2.07. The number of aromatic nitrogens is 3. The summed E-state index contributed by atoms with van der Waals surface area (Å²) in [6.07, 6.45) is 1.60. The van der Waals surface area contributed by atoms with E-state index in [-0.39, 0.29) is 6.54 Å². The zero-order valence-corrected chi connectivity index (χ0v) is 8.17. The van der Waals surface area contributed by atoms with Crippen molar-refractivity contribution in [3.63, 3.8) is 0 Å². The maximum absolute atomic E-state index is 5.37. The summed E-state index contributed by atoms with van der Waals surface area (Å²) < 4.78 is 9.93. The number of nitrogens with two attached hydrogens (primary N) is 1. The van der Waals surface area contributed by atoms with E-state index in [1.54, 1.807) is 25.4 Å². The number of hydrogen-bond donors (Lipinski definition) is 1. The van der Waals surface area contributed by atoms with Crippen molar-refractivity contribution >= 4 is 0 Å². The van der Waals surface area contributed by atoms with Crippen molar-refractivity contribution in [2.45, 2.75) is 6.54 Å². The molecular formula is C9H10N4O2. The highest BCUT2D eigenvalue weighted by Crippen LogP contribution is 2.17. The fraction of sp³-hybridized carbons (Fsp3) is 0.222. The Labute approximate surface area is 86.1 Å². The lowest BCUT2D eigenvalue weighted by molar-refractivity contribution is 0.397. The third kappa shape index (κ3) is 1.94. The Hall–Kier alpha value is -1.95. The van der Waals surface area contributed by atoms with Crippen molar-refractivity contribution < 1.29 is 9.26 Å². The molecule has 0 amide bonds. The Morgan fingerprint density at radius 1 is 1.47 bits per heavy atom. The van der Waals surface area contributed by atoms with E-state index in [9.17, 15) is 0 Å². The molecule has 15 heavy (non-hydrogen) atoms. The van der Waals surface area contributed by atoms with E-state index in [4.69, 9.17) is 15.0 Å². The highest BCUT2D eigenvalue weighted by atomic mass is 16.5. The van der Waals surface area contributed by atoms with E-state index < -0.39 is 0 Å². The van der Waals surface area contributed by atoms with Crippen LogP contribution in [-0.4, -0.2) is 22.2 Å². The lowest BCUT2D eigenvalue weighted by Crippen LogP contribution is -1.97. The van der Waals surface area contributed by atoms with Crippen LogP contribution >= 0.6 is 0 Å². The van der Waals surface area contributed by atoms with Crippen LogP contribution in [0.5, 0.6) is 5.88 Å². The first-order chi connectivity index (χ1) is 7.33. The van der Waals surface area contributed by atoms with Gasteiger partial charge in [0, 0.05) is 12.3 Å². The summed E-state index contributed by atoms with van der Waals surface area (Å²) in [6.45, 7) is 0.257. The van der Waals surface area contributed by atoms with Crippen molar-refractivity contribution in [2.75, 3.05) is 7.11 Å². The standard InChI is InChI=1S/C9H10N4O2/c1-14-8-3-2-6(5-11-8)9-12-7(4-10)13-15-9/h2-3,5H,4,10H2,1H3. The molecule has 0 atom stereocenters. The molecule has 2 N–H and O–H groups in total. The van der Waals surface area contributed by atoms with Crippen LogP contribution in [0.2, 0.25) is 0 Å². The smallest absolute Gasteiger partial charge is 0.259 e. The highest BCUT2D eigenvalue weighted by molar-refractivity contribution is 5.51. The minimum atomic E-state index is 0.257. The van der Waals surface area contributed by atoms with Gasteiger partial charge in [-0.3, -0.25) is 0 Å². The minimum absolute atomic E-state index is 0.257. The first-order valence-corrected chi connectivity index (χ1v) is 4.36. The van der Waals surface area contributed by atoms with Gasteiger partial charge in [0.25, 0.3) is 5.89 Å². The first kappa shape index (κ1) is 9.60. The van der Waals surface area contributed by atoms with Gasteiger partial charge >= 0.3 is 0 Å². The number of rotatable bonds is 3. The van der Waals surface area contributed by atoms with Crippen molar-refractivity contribution in [3.05, 3.63) is 24.2 Å². The number of nitrogens with zero attached hydrogens (tertiary/aromatic N) is 3. The number of pyridine rings is 1. The molecule has 0 saturated carbocycles. The Kier molecular flexibility index (Phi) is 2.59. The third-order valence-electron chi connectivity index (χ3n) is 1.84. The minimum Gasteiger partial charge on any atom is -0.481 e. The second-order valence-electron chi connectivity index (χ2n) is 2.81. The summed E-state index contributed by atoms with van der Waals surface area (Å²) in [7, 11) is 1.56. The number of methoxy groups -OCH3 is 1. The van der Waals surface area contributed by atoms with Crippen molar-refractivity contribution in [3.8, 4) is 17.3 Å². The molecule has 0 unspecified atom stereocenters. The molecule has 0 fully saturated rings. The van der Waals surface area contributed by atoms with Gasteiger partial charge in [-0.15, -0.1) is 0 Å². The molecule has 0 spiro atoms. The van der Waals surface area contributed by atoms with E-state index in [0.29, 0.717) is 17.6 Å². The van der Waals surface area contributed by atoms with Gasteiger partial charge in [-0.2, -0.15) is 4.98 Å². The van der Waals surface area contributed by atoms with Crippen LogP contribution in [0, 0.1) is 0 Å². The summed E-state index contributed by atoms with van der Waals surface area (Å²) in [5.41, 5.74) is 6.11. The van der Waals surface area contributed by atoms with E-state index >= 15 is 0 Å². The van der Waals surface area contributed by atoms with E-state index in [1.807, 2.05) is 0 Å². The summed E-state index contributed by atoms with van der Waals surface area (Å²) >= 11 is 0. The predicted molar refractivity (Wildman–Crippen MR) is 52.0 cm³/mol. The molecule has 0 saturated heterocycles. The van der Waals surface area contributed by atoms with Crippen LogP contribution in [0.4, 0.5) is 0 Å². The summed E-state index contributed by atoms with van der Waals surface area (Å²) in [4.78, 5) is 8.10. The van der Waals surface area contributed by atoms with Gasteiger partial charge in [0.1, 0.15) is 0 Å². The molecule has 2 aromatic heterocycles. The second-order valence-corrected chi connectivity index (χ2v) is 2.81. The molecule has 6 nitrogen and oxygen atoms in total. The van der Waals surface area contributed by atoms with Gasteiger partial charge < -0.3 is 15.0 Å². The maximum Gasteiger partial charge on any atom is 0.259 e. The van der Waals surface area contributed by atoms with Crippen LogP contribution in [0.3, 0.4) is 0 Å². The molecule has 0 aromatic carbocycles. The molecule has 6 heteroatoms. The molecule has 0 bridgehead atoms. The normalized spacial score (nSPS) is 10.3. The average Bonchev–Trinajstić information content (AvgIpc) is 2.78. The second kappa shape index (κ2) is 4.05. The topological polar surface area (TPSA) is 87.1 Å². The van der Waals surface area contributed by atoms with Crippen molar-refractivity contribution in [1.82, 2.24) is 15.1 Å². The SMILES string of the molecule is COc1ccc(-c2nc(CN)no2)cn1. The Morgan fingerprint density at radius 3 is 2.87 bits per heavy atom. The zero-order valence-electron chi connectivity index (χ0n) is 8.17. The summed E-state index contributed by atoms with van der Waals surface area (Å²) in [6, 6.07) is 3.52. The lowest BCUT2D eigenvalue weighted by Gasteiger charge is -1.97. The van der Waals surface area contributed by atoms with E-state index in [2.05, 4.69) is 15.1 Å². The summed E-state index contributed by atoms with van der Waals surface area (Å²) in [5, 5.41) is 3.68. The lowest BCUT2D eigenvalue weighted by atomic mass is 10.3. The number of ether oxygens (including phenoxy) is 1. The Balaban J connectivity index is 2.28. The van der Waals surface area contributed by atoms with Crippen LogP contribution in [0.1, 0.15) is 5.82 Å². The van der Waals surface area contributed by atoms with Crippen molar-refractivity contribution in [2.24, 2.45) is 5.73 Å². The van der Waals surface area contributed by atoms with Crippen LogP contribution in [-0.2, 0) is 6.54 Å². The van der Waals surface area contributed by atoms with Gasteiger partial charge in [-0.05, 0) is 6.07 Å². The Bertz CT molecular complexity index is 438. The van der Waals surface area contributed by atoms with Gasteiger partial charge in [-0.25, -0.2) is 4.98 Å². The number of hydrogen-bond acceptors (Lipinski definition) is 6.